The second-order valence-corrected chi connectivity index (χ2v) is 3.86. The van der Waals surface area contributed by atoms with E-state index in [-0.39, 0.29) is 6.04 Å². The number of rotatable bonds is 1. The van der Waals surface area contributed by atoms with Crippen molar-refractivity contribution in [2.75, 3.05) is 0 Å². The van der Waals surface area contributed by atoms with Crippen LogP contribution in [0.15, 0.2) is 23.7 Å². The van der Waals surface area contributed by atoms with Crippen LogP contribution in [0, 0.1) is 0 Å². The summed E-state index contributed by atoms with van der Waals surface area (Å²) in [6.07, 6.45) is 7.15. The highest BCUT2D eigenvalue weighted by atomic mass is 19.1. The van der Waals surface area contributed by atoms with Crippen LogP contribution in [0.2, 0.25) is 0 Å². The number of nitrogens with two attached hydrogens (primary N) is 1. The molecular formula is C10H15FN4. The van der Waals surface area contributed by atoms with Gasteiger partial charge in [0.25, 0.3) is 0 Å². The quantitative estimate of drug-likeness (QED) is 0.561. The Labute approximate surface area is 88.0 Å². The molecule has 2 rings (SSSR count). The van der Waals surface area contributed by atoms with Crippen LogP contribution in [0.1, 0.15) is 25.7 Å². The highest BCUT2D eigenvalue weighted by Crippen LogP contribution is 2.23. The lowest BCUT2D eigenvalue weighted by molar-refractivity contribution is 0.236. The van der Waals surface area contributed by atoms with Crippen LogP contribution >= 0.6 is 0 Å². The molecule has 1 aromatic heterocycles. The normalized spacial score (nSPS) is 27.9. The lowest BCUT2D eigenvalue weighted by atomic mass is 9.94. The molecule has 0 atom stereocenters. The van der Waals surface area contributed by atoms with E-state index >= 15 is 0 Å². The monoisotopic (exact) mass is 210 g/mol. The van der Waals surface area contributed by atoms with Crippen molar-refractivity contribution in [2.24, 2.45) is 10.7 Å². The molecule has 82 valence electrons. The second kappa shape index (κ2) is 4.42. The summed E-state index contributed by atoms with van der Waals surface area (Å²) in [6.45, 7) is 0. The molecule has 0 amide bonds. The Morgan fingerprint density at radius 2 is 2.13 bits per heavy atom. The second-order valence-electron chi connectivity index (χ2n) is 3.86. The SMILES string of the molecule is NC(=NC1CCC(F)CC1)n1ccnc1. The van der Waals surface area contributed by atoms with E-state index in [1.807, 2.05) is 0 Å². The van der Waals surface area contributed by atoms with E-state index in [1.165, 1.54) is 0 Å². The first-order valence-electron chi connectivity index (χ1n) is 5.21. The summed E-state index contributed by atoms with van der Waals surface area (Å²) in [7, 11) is 0. The molecule has 0 spiro atoms. The third-order valence-electron chi connectivity index (χ3n) is 2.71. The smallest absolute Gasteiger partial charge is 0.201 e. The van der Waals surface area contributed by atoms with E-state index in [0.29, 0.717) is 18.8 Å². The van der Waals surface area contributed by atoms with Crippen molar-refractivity contribution in [3.8, 4) is 0 Å². The largest absolute Gasteiger partial charge is 0.369 e. The van der Waals surface area contributed by atoms with E-state index in [4.69, 9.17) is 5.73 Å². The number of hydrogen-bond acceptors (Lipinski definition) is 2. The van der Waals surface area contributed by atoms with Gasteiger partial charge in [-0.3, -0.25) is 4.57 Å². The van der Waals surface area contributed by atoms with Crippen molar-refractivity contribution in [1.29, 1.82) is 0 Å². The van der Waals surface area contributed by atoms with Crippen molar-refractivity contribution in [3.05, 3.63) is 18.7 Å². The van der Waals surface area contributed by atoms with Crippen LogP contribution in [0.4, 0.5) is 4.39 Å². The molecule has 0 radical (unpaired) electrons. The Morgan fingerprint density at radius 3 is 2.73 bits per heavy atom. The fourth-order valence-electron chi connectivity index (χ4n) is 1.81. The van der Waals surface area contributed by atoms with Crippen molar-refractivity contribution < 1.29 is 4.39 Å². The average molecular weight is 210 g/mol. The van der Waals surface area contributed by atoms with E-state index in [2.05, 4.69) is 9.98 Å². The van der Waals surface area contributed by atoms with E-state index in [1.54, 1.807) is 23.3 Å². The highest BCUT2D eigenvalue weighted by Gasteiger charge is 2.20. The van der Waals surface area contributed by atoms with Crippen LogP contribution in [0.3, 0.4) is 0 Å². The van der Waals surface area contributed by atoms with Gasteiger partial charge in [0, 0.05) is 12.4 Å². The summed E-state index contributed by atoms with van der Waals surface area (Å²) < 4.78 is 14.5. The lowest BCUT2D eigenvalue weighted by Crippen LogP contribution is -2.26. The summed E-state index contributed by atoms with van der Waals surface area (Å²) in [5.41, 5.74) is 5.78. The molecule has 15 heavy (non-hydrogen) atoms. The molecule has 5 heteroatoms. The molecule has 0 aliphatic heterocycles. The zero-order valence-corrected chi connectivity index (χ0v) is 8.51. The summed E-state index contributed by atoms with van der Waals surface area (Å²) in [5.74, 6) is 0.440. The van der Waals surface area contributed by atoms with Gasteiger partial charge in [-0.2, -0.15) is 0 Å². The highest BCUT2D eigenvalue weighted by molar-refractivity contribution is 5.80. The predicted octanol–water partition coefficient (Wildman–Crippen LogP) is 1.33. The van der Waals surface area contributed by atoms with E-state index in [9.17, 15) is 4.39 Å². The standard InChI is InChI=1S/C10H15FN4/c11-8-1-3-9(4-2-8)14-10(12)15-6-5-13-7-15/h5-9H,1-4H2,(H2,12,14). The van der Waals surface area contributed by atoms with Gasteiger partial charge in [-0.15, -0.1) is 0 Å². The number of alkyl halides is 1. The van der Waals surface area contributed by atoms with Gasteiger partial charge in [0.2, 0.25) is 5.96 Å². The van der Waals surface area contributed by atoms with Crippen molar-refractivity contribution in [1.82, 2.24) is 9.55 Å². The first-order chi connectivity index (χ1) is 7.25. The van der Waals surface area contributed by atoms with Gasteiger partial charge in [0.05, 0.1) is 6.04 Å². The van der Waals surface area contributed by atoms with Gasteiger partial charge in [0.1, 0.15) is 12.5 Å². The molecule has 0 saturated heterocycles. The number of imidazole rings is 1. The van der Waals surface area contributed by atoms with Crippen LogP contribution in [0.5, 0.6) is 0 Å². The fourth-order valence-corrected chi connectivity index (χ4v) is 1.81. The van der Waals surface area contributed by atoms with Gasteiger partial charge in [-0.25, -0.2) is 14.4 Å². The molecule has 0 bridgehead atoms. The molecule has 4 nitrogen and oxygen atoms in total. The first kappa shape index (κ1) is 10.1. The summed E-state index contributed by atoms with van der Waals surface area (Å²) in [4.78, 5) is 8.25. The van der Waals surface area contributed by atoms with Crippen LogP contribution in [0.25, 0.3) is 0 Å². The summed E-state index contributed by atoms with van der Waals surface area (Å²) >= 11 is 0. The predicted molar refractivity (Wildman–Crippen MR) is 56.4 cm³/mol. The first-order valence-corrected chi connectivity index (χ1v) is 5.21. The lowest BCUT2D eigenvalue weighted by Gasteiger charge is -2.21. The molecule has 1 heterocycles. The maximum atomic E-state index is 12.9. The van der Waals surface area contributed by atoms with Crippen LogP contribution in [-0.4, -0.2) is 27.7 Å². The van der Waals surface area contributed by atoms with Gasteiger partial charge < -0.3 is 5.73 Å². The van der Waals surface area contributed by atoms with Gasteiger partial charge in [-0.1, -0.05) is 0 Å². The molecule has 1 fully saturated rings. The fraction of sp³-hybridized carbons (Fsp3) is 0.600. The zero-order chi connectivity index (χ0) is 10.7. The number of aliphatic imine (C=N–C) groups is 1. The number of halogens is 1. The minimum Gasteiger partial charge on any atom is -0.369 e. The molecule has 1 aliphatic rings. The number of aromatic nitrogens is 2. The number of hydrogen-bond donors (Lipinski definition) is 1. The van der Waals surface area contributed by atoms with Crippen molar-refractivity contribution in [2.45, 2.75) is 37.9 Å². The molecule has 2 N–H and O–H groups in total. The zero-order valence-electron chi connectivity index (χ0n) is 8.51. The van der Waals surface area contributed by atoms with Crippen LogP contribution < -0.4 is 5.73 Å². The Hall–Kier alpha value is -1.39. The third kappa shape index (κ3) is 2.55. The minimum absolute atomic E-state index is 0.166. The Balaban J connectivity index is 1.98. The van der Waals surface area contributed by atoms with E-state index < -0.39 is 6.17 Å². The number of nitrogens with zero attached hydrogens (tertiary/aromatic N) is 3. The van der Waals surface area contributed by atoms with Gasteiger partial charge >= 0.3 is 0 Å². The molecule has 1 aromatic rings. The van der Waals surface area contributed by atoms with E-state index in [0.717, 1.165) is 12.8 Å². The van der Waals surface area contributed by atoms with Crippen molar-refractivity contribution in [3.63, 3.8) is 0 Å². The van der Waals surface area contributed by atoms with Crippen molar-refractivity contribution >= 4 is 5.96 Å². The Kier molecular flexibility index (Phi) is 2.99. The Bertz CT molecular complexity index is 325. The molecule has 0 aromatic carbocycles. The molecular weight excluding hydrogens is 195 g/mol. The summed E-state index contributed by atoms with van der Waals surface area (Å²) in [5, 5.41) is 0. The van der Waals surface area contributed by atoms with Gasteiger partial charge in [0.15, 0.2) is 0 Å². The maximum absolute atomic E-state index is 12.9. The molecule has 1 saturated carbocycles. The van der Waals surface area contributed by atoms with Crippen LogP contribution in [-0.2, 0) is 0 Å². The Morgan fingerprint density at radius 1 is 1.40 bits per heavy atom. The minimum atomic E-state index is -0.647. The summed E-state index contributed by atoms with van der Waals surface area (Å²) in [6, 6.07) is 0.166. The topological polar surface area (TPSA) is 56.2 Å². The molecule has 1 aliphatic carbocycles. The molecule has 0 unspecified atom stereocenters. The average Bonchev–Trinajstić information content (AvgIpc) is 2.74. The third-order valence-corrected chi connectivity index (χ3v) is 2.71. The maximum Gasteiger partial charge on any atom is 0.201 e. The van der Waals surface area contributed by atoms with Gasteiger partial charge in [-0.05, 0) is 25.7 Å².